The van der Waals surface area contributed by atoms with E-state index in [1.165, 1.54) is 14.0 Å². The molecular weight excluding hydrogens is 360 g/mol. The van der Waals surface area contributed by atoms with E-state index < -0.39 is 18.0 Å². The van der Waals surface area contributed by atoms with Gasteiger partial charge in [-0.2, -0.15) is 0 Å². The zero-order valence-corrected chi connectivity index (χ0v) is 15.8. The summed E-state index contributed by atoms with van der Waals surface area (Å²) in [6.45, 7) is 5.11. The van der Waals surface area contributed by atoms with Crippen LogP contribution in [0, 0.1) is 13.8 Å². The van der Waals surface area contributed by atoms with Gasteiger partial charge in [-0.1, -0.05) is 16.8 Å². The number of halogens is 1. The van der Waals surface area contributed by atoms with Gasteiger partial charge in [-0.05, 0) is 45.4 Å². The van der Waals surface area contributed by atoms with Gasteiger partial charge in [0.25, 0.3) is 5.91 Å². The van der Waals surface area contributed by atoms with E-state index in [0.29, 0.717) is 28.6 Å². The summed E-state index contributed by atoms with van der Waals surface area (Å²) in [5, 5.41) is 6.85. The molecule has 0 aliphatic heterocycles. The number of rotatable bonds is 7. The Kier molecular flexibility index (Phi) is 6.63. The van der Waals surface area contributed by atoms with Crippen LogP contribution in [0.15, 0.2) is 22.7 Å². The van der Waals surface area contributed by atoms with Crippen molar-refractivity contribution in [3.63, 3.8) is 0 Å². The van der Waals surface area contributed by atoms with Gasteiger partial charge in [-0.25, -0.2) is 0 Å². The molecule has 140 valence electrons. The number of hydrogen-bond acceptors (Lipinski definition) is 6. The first-order chi connectivity index (χ1) is 12.3. The Morgan fingerprint density at radius 1 is 1.35 bits per heavy atom. The molecule has 0 radical (unpaired) electrons. The number of aromatic nitrogens is 1. The number of amides is 1. The summed E-state index contributed by atoms with van der Waals surface area (Å²) < 4.78 is 15.3. The lowest BCUT2D eigenvalue weighted by Gasteiger charge is -2.14. The number of methoxy groups -OCH3 is 1. The fourth-order valence-corrected chi connectivity index (χ4v) is 2.64. The van der Waals surface area contributed by atoms with Gasteiger partial charge >= 0.3 is 5.97 Å². The molecule has 1 amide bonds. The molecule has 8 heteroatoms. The normalized spacial score (nSPS) is 11.7. The zero-order chi connectivity index (χ0) is 19.3. The van der Waals surface area contributed by atoms with E-state index in [1.54, 1.807) is 25.1 Å². The number of hydrogen-bond donors (Lipinski definition) is 1. The third-order valence-corrected chi connectivity index (χ3v) is 4.15. The van der Waals surface area contributed by atoms with E-state index in [9.17, 15) is 9.59 Å². The van der Waals surface area contributed by atoms with Gasteiger partial charge in [-0.3, -0.25) is 9.59 Å². The molecule has 0 saturated carbocycles. The number of carbonyl (C=O) groups excluding carboxylic acids is 2. The van der Waals surface area contributed by atoms with Crippen molar-refractivity contribution in [2.75, 3.05) is 12.4 Å². The third kappa shape index (κ3) is 4.98. The van der Waals surface area contributed by atoms with Crippen molar-refractivity contribution in [3.05, 3.63) is 40.2 Å². The summed E-state index contributed by atoms with van der Waals surface area (Å²) >= 11 is 6.02. The molecule has 2 aromatic rings. The Bertz CT molecular complexity index is 783. The minimum Gasteiger partial charge on any atom is -0.495 e. The molecule has 0 spiro atoms. The average Bonchev–Trinajstić information content (AvgIpc) is 2.91. The molecule has 7 nitrogen and oxygen atoms in total. The summed E-state index contributed by atoms with van der Waals surface area (Å²) in [5.41, 5.74) is 2.11. The largest absolute Gasteiger partial charge is 0.495 e. The first-order valence-corrected chi connectivity index (χ1v) is 8.45. The molecular formula is C18H21ClN2O5. The SMILES string of the molecule is COc1ccc(NC(=O)[C@@H](C)OC(=O)CCc2c(C)noc2C)cc1Cl. The first kappa shape index (κ1) is 19.8. The number of carbonyl (C=O) groups is 2. The molecule has 2 rings (SSSR count). The molecule has 0 saturated heterocycles. The highest BCUT2D eigenvalue weighted by Gasteiger charge is 2.19. The lowest BCUT2D eigenvalue weighted by Crippen LogP contribution is -2.30. The topological polar surface area (TPSA) is 90.7 Å². The van der Waals surface area contributed by atoms with Gasteiger partial charge in [0.15, 0.2) is 6.10 Å². The molecule has 1 atom stereocenters. The second kappa shape index (κ2) is 8.71. The molecule has 1 N–H and O–H groups in total. The zero-order valence-electron chi connectivity index (χ0n) is 15.1. The molecule has 0 aliphatic carbocycles. The van der Waals surface area contributed by atoms with E-state index in [2.05, 4.69) is 10.5 Å². The van der Waals surface area contributed by atoms with E-state index in [-0.39, 0.29) is 6.42 Å². The van der Waals surface area contributed by atoms with Gasteiger partial charge in [0.1, 0.15) is 11.5 Å². The number of esters is 1. The molecule has 1 aromatic carbocycles. The lowest BCUT2D eigenvalue weighted by atomic mass is 10.1. The minimum absolute atomic E-state index is 0.134. The fourth-order valence-electron chi connectivity index (χ4n) is 2.38. The second-order valence-corrected chi connectivity index (χ2v) is 6.18. The van der Waals surface area contributed by atoms with Gasteiger partial charge in [0, 0.05) is 17.7 Å². The first-order valence-electron chi connectivity index (χ1n) is 8.07. The van der Waals surface area contributed by atoms with Gasteiger partial charge in [-0.15, -0.1) is 0 Å². The third-order valence-electron chi connectivity index (χ3n) is 3.86. The van der Waals surface area contributed by atoms with Crippen LogP contribution in [-0.4, -0.2) is 30.2 Å². The highest BCUT2D eigenvalue weighted by Crippen LogP contribution is 2.27. The summed E-state index contributed by atoms with van der Waals surface area (Å²) in [6, 6.07) is 4.84. The van der Waals surface area contributed by atoms with Crippen LogP contribution in [0.4, 0.5) is 5.69 Å². The number of anilines is 1. The number of nitrogens with one attached hydrogen (secondary N) is 1. The highest BCUT2D eigenvalue weighted by molar-refractivity contribution is 6.32. The smallest absolute Gasteiger partial charge is 0.306 e. The predicted molar refractivity (Wildman–Crippen MR) is 96.5 cm³/mol. The molecule has 0 aliphatic rings. The van der Waals surface area contributed by atoms with Crippen molar-refractivity contribution in [2.45, 2.75) is 39.7 Å². The maximum absolute atomic E-state index is 12.2. The fraction of sp³-hybridized carbons (Fsp3) is 0.389. The van der Waals surface area contributed by atoms with Crippen LogP contribution < -0.4 is 10.1 Å². The average molecular weight is 381 g/mol. The van der Waals surface area contributed by atoms with Crippen molar-refractivity contribution in [3.8, 4) is 5.75 Å². The number of nitrogens with zero attached hydrogens (tertiary/aromatic N) is 1. The van der Waals surface area contributed by atoms with Crippen molar-refractivity contribution in [2.24, 2.45) is 0 Å². The Balaban J connectivity index is 1.86. The van der Waals surface area contributed by atoms with Crippen molar-refractivity contribution >= 4 is 29.2 Å². The van der Waals surface area contributed by atoms with Gasteiger partial charge in [0.2, 0.25) is 0 Å². The van der Waals surface area contributed by atoms with Crippen LogP contribution in [0.1, 0.15) is 30.4 Å². The summed E-state index contributed by atoms with van der Waals surface area (Å²) in [5.74, 6) is 0.262. The Hall–Kier alpha value is -2.54. The Morgan fingerprint density at radius 3 is 2.65 bits per heavy atom. The van der Waals surface area contributed by atoms with Crippen LogP contribution in [0.5, 0.6) is 5.75 Å². The van der Waals surface area contributed by atoms with Crippen molar-refractivity contribution < 1.29 is 23.6 Å². The summed E-state index contributed by atoms with van der Waals surface area (Å²) in [6.07, 6.45) is -0.356. The number of aryl methyl sites for hydroxylation is 2. The van der Waals surface area contributed by atoms with E-state index >= 15 is 0 Å². The van der Waals surface area contributed by atoms with Crippen molar-refractivity contribution in [1.82, 2.24) is 5.16 Å². The molecule has 0 fully saturated rings. The van der Waals surface area contributed by atoms with Crippen molar-refractivity contribution in [1.29, 1.82) is 0 Å². The van der Waals surface area contributed by atoms with Gasteiger partial charge < -0.3 is 19.3 Å². The Morgan fingerprint density at radius 2 is 2.08 bits per heavy atom. The highest BCUT2D eigenvalue weighted by atomic mass is 35.5. The molecule has 0 bridgehead atoms. The monoisotopic (exact) mass is 380 g/mol. The predicted octanol–water partition coefficient (Wildman–Crippen LogP) is 3.46. The second-order valence-electron chi connectivity index (χ2n) is 5.77. The van der Waals surface area contributed by atoms with E-state index in [4.69, 9.17) is 25.6 Å². The van der Waals surface area contributed by atoms with E-state index in [1.807, 2.05) is 6.92 Å². The van der Waals surface area contributed by atoms with Gasteiger partial charge in [0.05, 0.1) is 17.8 Å². The maximum Gasteiger partial charge on any atom is 0.306 e. The summed E-state index contributed by atoms with van der Waals surface area (Å²) in [7, 11) is 1.50. The summed E-state index contributed by atoms with van der Waals surface area (Å²) in [4.78, 5) is 24.1. The van der Waals surface area contributed by atoms with Crippen LogP contribution in [0.25, 0.3) is 0 Å². The molecule has 1 heterocycles. The molecule has 26 heavy (non-hydrogen) atoms. The quantitative estimate of drug-likeness (QED) is 0.740. The standard InChI is InChI=1S/C18H21ClN2O5/c1-10-14(11(2)26-21-10)6-8-17(22)25-12(3)18(23)20-13-5-7-16(24-4)15(19)9-13/h5,7,9,12H,6,8H2,1-4H3,(H,20,23)/t12-/m1/s1. The lowest BCUT2D eigenvalue weighted by molar-refractivity contribution is -0.153. The number of benzene rings is 1. The minimum atomic E-state index is -0.937. The number of ether oxygens (including phenoxy) is 2. The molecule has 0 unspecified atom stereocenters. The molecule has 1 aromatic heterocycles. The van der Waals surface area contributed by atoms with Crippen LogP contribution in [0.3, 0.4) is 0 Å². The maximum atomic E-state index is 12.2. The van der Waals surface area contributed by atoms with E-state index in [0.717, 1.165) is 11.3 Å². The van der Waals surface area contributed by atoms with Crippen LogP contribution in [-0.2, 0) is 20.7 Å². The Labute approximate surface area is 156 Å². The van der Waals surface area contributed by atoms with Crippen LogP contribution in [0.2, 0.25) is 5.02 Å². The van der Waals surface area contributed by atoms with Crippen LogP contribution >= 0.6 is 11.6 Å².